The molecule has 7 nitrogen and oxygen atoms in total. The lowest BCUT2D eigenvalue weighted by Crippen LogP contribution is -2.52. The molecule has 226 valence electrons. The Morgan fingerprint density at radius 1 is 0.929 bits per heavy atom. The molecule has 0 radical (unpaired) electrons. The van der Waals surface area contributed by atoms with Crippen molar-refractivity contribution in [2.75, 3.05) is 10.8 Å². The first-order valence-corrected chi connectivity index (χ1v) is 15.1. The Hall–Kier alpha value is -3.28. The number of nitrogens with zero attached hydrogens (tertiary/aromatic N) is 2. The Kier molecular flexibility index (Phi) is 10.9. The minimum absolute atomic E-state index is 0.160. The molecule has 0 saturated carbocycles. The van der Waals surface area contributed by atoms with Crippen molar-refractivity contribution in [1.29, 1.82) is 0 Å². The van der Waals surface area contributed by atoms with Gasteiger partial charge in [0.05, 0.1) is 26.2 Å². The van der Waals surface area contributed by atoms with Gasteiger partial charge in [0, 0.05) is 12.6 Å². The van der Waals surface area contributed by atoms with Gasteiger partial charge in [-0.15, -0.1) is 0 Å². The summed E-state index contributed by atoms with van der Waals surface area (Å²) in [5.41, 5.74) is -0.958. The minimum atomic E-state index is -4.76. The van der Waals surface area contributed by atoms with Gasteiger partial charge in [-0.05, 0) is 68.3 Å². The van der Waals surface area contributed by atoms with Crippen molar-refractivity contribution in [2.24, 2.45) is 0 Å². The Labute approximate surface area is 253 Å². The van der Waals surface area contributed by atoms with E-state index in [0.717, 1.165) is 17.0 Å². The van der Waals surface area contributed by atoms with Crippen LogP contribution in [0.1, 0.15) is 38.3 Å². The molecule has 0 spiro atoms. The summed E-state index contributed by atoms with van der Waals surface area (Å²) in [6, 6.07) is 14.1. The third-order valence-corrected chi connectivity index (χ3v) is 9.10. The van der Waals surface area contributed by atoms with Gasteiger partial charge in [0.15, 0.2) is 0 Å². The van der Waals surface area contributed by atoms with Crippen molar-refractivity contribution in [1.82, 2.24) is 10.2 Å². The molecule has 42 heavy (non-hydrogen) atoms. The van der Waals surface area contributed by atoms with E-state index >= 15 is 0 Å². The number of alkyl halides is 3. The lowest BCUT2D eigenvalue weighted by atomic mass is 10.1. The monoisotopic (exact) mass is 643 g/mol. The zero-order valence-corrected chi connectivity index (χ0v) is 25.4. The van der Waals surface area contributed by atoms with Crippen LogP contribution in [0, 0.1) is 0 Å². The Bertz CT molecular complexity index is 1520. The molecule has 1 N–H and O–H groups in total. The molecule has 0 saturated heterocycles. The molecule has 0 aliphatic carbocycles. The summed E-state index contributed by atoms with van der Waals surface area (Å²) >= 11 is 12.2. The van der Waals surface area contributed by atoms with E-state index < -0.39 is 46.2 Å². The molecule has 13 heteroatoms. The number of carbonyl (C=O) groups excluding carboxylic acids is 2. The summed E-state index contributed by atoms with van der Waals surface area (Å²) in [4.78, 5) is 27.9. The molecule has 3 aromatic rings. The van der Waals surface area contributed by atoms with E-state index in [4.69, 9.17) is 23.2 Å². The molecule has 0 aromatic heterocycles. The number of amides is 2. The van der Waals surface area contributed by atoms with Crippen molar-refractivity contribution < 1.29 is 31.2 Å². The molecule has 0 fully saturated rings. The van der Waals surface area contributed by atoms with Gasteiger partial charge in [-0.2, -0.15) is 13.2 Å². The molecule has 0 aliphatic heterocycles. The number of carbonyl (C=O) groups is 2. The number of hydrogen-bond acceptors (Lipinski definition) is 4. The van der Waals surface area contributed by atoms with Gasteiger partial charge in [0.25, 0.3) is 10.0 Å². The number of sulfonamides is 1. The third kappa shape index (κ3) is 8.17. The lowest BCUT2D eigenvalue weighted by molar-refractivity contribution is -0.139. The number of hydrogen-bond donors (Lipinski definition) is 1. The first kappa shape index (κ1) is 33.2. The minimum Gasteiger partial charge on any atom is -0.352 e. The third-order valence-electron chi connectivity index (χ3n) is 6.58. The van der Waals surface area contributed by atoms with E-state index in [1.165, 1.54) is 49.4 Å². The molecule has 0 aliphatic rings. The predicted molar refractivity (Wildman–Crippen MR) is 157 cm³/mol. The number of rotatable bonds is 11. The number of anilines is 1. The van der Waals surface area contributed by atoms with Gasteiger partial charge in [0.2, 0.25) is 11.8 Å². The maximum Gasteiger partial charge on any atom is 0.416 e. The van der Waals surface area contributed by atoms with Crippen molar-refractivity contribution in [3.05, 3.63) is 94.0 Å². The first-order valence-electron chi connectivity index (χ1n) is 12.9. The molecule has 2 amide bonds. The van der Waals surface area contributed by atoms with Crippen LogP contribution in [0.5, 0.6) is 0 Å². The molecule has 3 rings (SSSR count). The number of benzene rings is 3. The summed E-state index contributed by atoms with van der Waals surface area (Å²) in [5.74, 6) is -1.32. The second-order valence-corrected chi connectivity index (χ2v) is 12.3. The van der Waals surface area contributed by atoms with Crippen LogP contribution in [0.4, 0.5) is 18.9 Å². The van der Waals surface area contributed by atoms with Crippen LogP contribution >= 0.6 is 23.2 Å². The molecular weight excluding hydrogens is 614 g/mol. The lowest BCUT2D eigenvalue weighted by Gasteiger charge is -2.32. The average molecular weight is 645 g/mol. The van der Waals surface area contributed by atoms with E-state index in [0.29, 0.717) is 22.4 Å². The molecular formula is C29H30Cl2F3N3O4S. The summed E-state index contributed by atoms with van der Waals surface area (Å²) in [6.45, 7) is 4.09. The highest BCUT2D eigenvalue weighted by molar-refractivity contribution is 7.92. The molecule has 0 heterocycles. The maximum absolute atomic E-state index is 13.9. The van der Waals surface area contributed by atoms with Gasteiger partial charge in [-0.1, -0.05) is 60.5 Å². The fourth-order valence-electron chi connectivity index (χ4n) is 3.97. The van der Waals surface area contributed by atoms with Gasteiger partial charge in [0.1, 0.15) is 12.6 Å². The van der Waals surface area contributed by atoms with Gasteiger partial charge >= 0.3 is 6.18 Å². The van der Waals surface area contributed by atoms with Crippen molar-refractivity contribution >= 4 is 50.7 Å². The Morgan fingerprint density at radius 3 is 2.19 bits per heavy atom. The highest BCUT2D eigenvalue weighted by Gasteiger charge is 2.35. The first-order chi connectivity index (χ1) is 19.6. The van der Waals surface area contributed by atoms with E-state index in [2.05, 4.69) is 5.32 Å². The Morgan fingerprint density at radius 2 is 1.60 bits per heavy atom. The normalized spacial score (nSPS) is 13.2. The predicted octanol–water partition coefficient (Wildman–Crippen LogP) is 6.54. The summed E-state index contributed by atoms with van der Waals surface area (Å²) in [5, 5.41) is 3.27. The maximum atomic E-state index is 13.9. The van der Waals surface area contributed by atoms with E-state index in [1.807, 2.05) is 6.92 Å². The van der Waals surface area contributed by atoms with Crippen LogP contribution in [0.2, 0.25) is 10.0 Å². The van der Waals surface area contributed by atoms with Crippen LogP contribution in [0.15, 0.2) is 77.7 Å². The summed E-state index contributed by atoms with van der Waals surface area (Å²) < 4.78 is 68.8. The summed E-state index contributed by atoms with van der Waals surface area (Å²) in [7, 11) is -4.52. The quantitative estimate of drug-likeness (QED) is 0.257. The average Bonchev–Trinajstić information content (AvgIpc) is 2.95. The molecule has 3 aromatic carbocycles. The standard InChI is InChI=1S/C29H30Cl2F3N3O4S/c1-4-19(2)35-28(39)20(3)36(17-21-13-14-25(30)26(31)15-21)27(38)18-37(42(40,41)24-11-6-5-7-12-24)23-10-8-9-22(16-23)29(32,33)34/h5-16,19-20H,4,17-18H2,1-3H3,(H,35,39). The van der Waals surface area contributed by atoms with E-state index in [-0.39, 0.29) is 33.2 Å². The number of halogens is 5. The van der Waals surface area contributed by atoms with Crippen LogP contribution in [-0.2, 0) is 32.3 Å². The fraction of sp³-hybridized carbons (Fsp3) is 0.310. The van der Waals surface area contributed by atoms with Crippen LogP contribution in [0.25, 0.3) is 0 Å². The smallest absolute Gasteiger partial charge is 0.352 e. The van der Waals surface area contributed by atoms with Crippen LogP contribution < -0.4 is 9.62 Å². The zero-order valence-electron chi connectivity index (χ0n) is 23.0. The topological polar surface area (TPSA) is 86.8 Å². The van der Waals surface area contributed by atoms with Gasteiger partial charge in [-0.25, -0.2) is 8.42 Å². The second kappa shape index (κ2) is 13.8. The summed E-state index contributed by atoms with van der Waals surface area (Å²) in [6.07, 6.45) is -4.14. The number of nitrogens with one attached hydrogen (secondary N) is 1. The van der Waals surface area contributed by atoms with Crippen LogP contribution in [0.3, 0.4) is 0 Å². The largest absolute Gasteiger partial charge is 0.416 e. The Balaban J connectivity index is 2.09. The van der Waals surface area contributed by atoms with Gasteiger partial charge < -0.3 is 10.2 Å². The SMILES string of the molecule is CCC(C)NC(=O)C(C)N(Cc1ccc(Cl)c(Cl)c1)C(=O)CN(c1cccc(C(F)(F)F)c1)S(=O)(=O)c1ccccc1. The highest BCUT2D eigenvalue weighted by atomic mass is 35.5. The van der Waals surface area contributed by atoms with Gasteiger partial charge in [-0.3, -0.25) is 13.9 Å². The fourth-order valence-corrected chi connectivity index (χ4v) is 5.72. The van der Waals surface area contributed by atoms with E-state index in [1.54, 1.807) is 19.1 Å². The van der Waals surface area contributed by atoms with Crippen molar-refractivity contribution in [2.45, 2.75) is 56.9 Å². The zero-order chi connectivity index (χ0) is 31.2. The molecule has 2 atom stereocenters. The molecule has 0 bridgehead atoms. The van der Waals surface area contributed by atoms with Crippen molar-refractivity contribution in [3.8, 4) is 0 Å². The second-order valence-electron chi connectivity index (χ2n) is 9.64. The van der Waals surface area contributed by atoms with E-state index in [9.17, 15) is 31.2 Å². The molecule has 2 unspecified atom stereocenters. The van der Waals surface area contributed by atoms with Crippen molar-refractivity contribution in [3.63, 3.8) is 0 Å². The highest BCUT2D eigenvalue weighted by Crippen LogP contribution is 2.33. The van der Waals surface area contributed by atoms with Crippen LogP contribution in [-0.4, -0.2) is 43.8 Å².